The highest BCUT2D eigenvalue weighted by Crippen LogP contribution is 2.36. The van der Waals surface area contributed by atoms with Gasteiger partial charge in [0.1, 0.15) is 0 Å². The molecule has 0 spiro atoms. The molecule has 5 nitrogen and oxygen atoms in total. The highest BCUT2D eigenvalue weighted by atomic mass is 79.9. The van der Waals surface area contributed by atoms with Crippen molar-refractivity contribution in [3.63, 3.8) is 0 Å². The lowest BCUT2D eigenvalue weighted by Gasteiger charge is -2.12. The Balaban J connectivity index is 2.08. The number of benzene rings is 1. The van der Waals surface area contributed by atoms with Crippen LogP contribution in [0, 0.1) is 0 Å². The minimum Gasteiger partial charge on any atom is -0.321 e. The molecule has 1 aromatic heterocycles. The normalized spacial score (nSPS) is 17.3. The van der Waals surface area contributed by atoms with Crippen LogP contribution in [0.3, 0.4) is 0 Å². The maximum Gasteiger partial charge on any atom is 0.262 e. The van der Waals surface area contributed by atoms with Gasteiger partial charge in [0.05, 0.1) is 9.37 Å². The van der Waals surface area contributed by atoms with Crippen LogP contribution in [0.1, 0.15) is 19.8 Å². The smallest absolute Gasteiger partial charge is 0.262 e. The van der Waals surface area contributed by atoms with Gasteiger partial charge in [-0.3, -0.25) is 4.79 Å². The summed E-state index contributed by atoms with van der Waals surface area (Å²) in [5.74, 6) is 0. The second-order valence-corrected chi connectivity index (χ2v) is 7.90. The van der Waals surface area contributed by atoms with Crippen molar-refractivity contribution in [3.05, 3.63) is 39.1 Å². The van der Waals surface area contributed by atoms with E-state index >= 15 is 0 Å². The van der Waals surface area contributed by atoms with Gasteiger partial charge in [-0.1, -0.05) is 0 Å². The van der Waals surface area contributed by atoms with Crippen molar-refractivity contribution >= 4 is 36.9 Å². The van der Waals surface area contributed by atoms with Crippen molar-refractivity contribution in [3.8, 4) is 0 Å². The van der Waals surface area contributed by atoms with Crippen LogP contribution in [0.5, 0.6) is 0 Å². The largest absolute Gasteiger partial charge is 0.321 e. The topological polar surface area (TPSA) is 79.0 Å². The first kappa shape index (κ1) is 13.8. The van der Waals surface area contributed by atoms with Crippen LogP contribution in [-0.2, 0) is 10.0 Å². The molecular weight excluding hydrogens is 344 g/mol. The number of hydrogen-bond donors (Lipinski definition) is 2. The molecule has 1 fully saturated rings. The Bertz CT molecular complexity index is 854. The predicted octanol–water partition coefficient (Wildman–Crippen LogP) is 2.12. The van der Waals surface area contributed by atoms with E-state index in [4.69, 9.17) is 0 Å². The van der Waals surface area contributed by atoms with Crippen LogP contribution in [0.2, 0.25) is 0 Å². The first-order valence-corrected chi connectivity index (χ1v) is 8.43. The summed E-state index contributed by atoms with van der Waals surface area (Å²) in [6, 6.07) is 6.28. The zero-order valence-electron chi connectivity index (χ0n) is 10.7. The first-order chi connectivity index (χ1) is 9.29. The molecular formula is C13H13BrN2O3S. The Kier molecular flexibility index (Phi) is 3.04. The lowest BCUT2D eigenvalue weighted by molar-refractivity contribution is 0.558. The summed E-state index contributed by atoms with van der Waals surface area (Å²) >= 11 is 3.14. The molecule has 0 aliphatic heterocycles. The highest BCUT2D eigenvalue weighted by molar-refractivity contribution is 9.10. The summed E-state index contributed by atoms with van der Waals surface area (Å²) in [5, 5.41) is 0.667. The lowest BCUT2D eigenvalue weighted by Crippen LogP contribution is -2.34. The molecule has 0 saturated heterocycles. The molecule has 0 amide bonds. The zero-order chi connectivity index (χ0) is 14.5. The minimum absolute atomic E-state index is 0.206. The lowest BCUT2D eigenvalue weighted by atomic mass is 10.2. The fourth-order valence-corrected chi connectivity index (χ4v) is 3.84. The van der Waals surface area contributed by atoms with Crippen molar-refractivity contribution in [1.82, 2.24) is 9.71 Å². The van der Waals surface area contributed by atoms with E-state index in [1.54, 1.807) is 18.2 Å². The van der Waals surface area contributed by atoms with Gasteiger partial charge in [0.15, 0.2) is 0 Å². The number of nitrogens with one attached hydrogen (secondary N) is 2. The third kappa shape index (κ3) is 2.53. The Morgan fingerprint density at radius 1 is 1.30 bits per heavy atom. The van der Waals surface area contributed by atoms with Crippen LogP contribution in [0.15, 0.2) is 38.4 Å². The number of pyridine rings is 1. The standard InChI is InChI=1S/C13H13BrN2O3S/c1-13(4-5-13)16-20(18,19)9-2-3-11-8(6-9)7-10(14)12(17)15-11/h2-3,6-7,16H,4-5H2,1H3,(H,15,17). The summed E-state index contributed by atoms with van der Waals surface area (Å²) in [7, 11) is -3.53. The summed E-state index contributed by atoms with van der Waals surface area (Å²) < 4.78 is 27.7. The fourth-order valence-electron chi connectivity index (χ4n) is 2.00. The molecule has 2 aromatic rings. The Morgan fingerprint density at radius 3 is 2.65 bits per heavy atom. The zero-order valence-corrected chi connectivity index (χ0v) is 13.1. The number of rotatable bonds is 3. The van der Waals surface area contributed by atoms with Gasteiger partial charge >= 0.3 is 0 Å². The van der Waals surface area contributed by atoms with Gasteiger partial charge in [0.25, 0.3) is 5.56 Å². The number of aromatic amines is 1. The first-order valence-electron chi connectivity index (χ1n) is 6.16. The quantitative estimate of drug-likeness (QED) is 0.883. The Morgan fingerprint density at radius 2 is 2.00 bits per heavy atom. The molecule has 106 valence electrons. The van der Waals surface area contributed by atoms with Crippen LogP contribution < -0.4 is 10.3 Å². The maximum absolute atomic E-state index is 12.3. The molecule has 1 saturated carbocycles. The summed E-state index contributed by atoms with van der Waals surface area (Å²) in [5.41, 5.74) is 0.0610. The van der Waals surface area contributed by atoms with Gasteiger partial charge in [-0.25, -0.2) is 13.1 Å². The number of aromatic nitrogens is 1. The van der Waals surface area contributed by atoms with Gasteiger partial charge in [-0.2, -0.15) is 0 Å². The van der Waals surface area contributed by atoms with Gasteiger partial charge in [0, 0.05) is 16.4 Å². The Hall–Kier alpha value is -1.18. The van der Waals surface area contributed by atoms with E-state index in [0.29, 0.717) is 15.4 Å². The number of H-pyrrole nitrogens is 1. The van der Waals surface area contributed by atoms with E-state index < -0.39 is 10.0 Å². The molecule has 20 heavy (non-hydrogen) atoms. The number of hydrogen-bond acceptors (Lipinski definition) is 3. The highest BCUT2D eigenvalue weighted by Gasteiger charge is 2.41. The monoisotopic (exact) mass is 356 g/mol. The second kappa shape index (κ2) is 4.41. The summed E-state index contributed by atoms with van der Waals surface area (Å²) in [4.78, 5) is 14.4. The maximum atomic E-state index is 12.3. The Labute approximate surface area is 124 Å². The van der Waals surface area contributed by atoms with Gasteiger partial charge in [0.2, 0.25) is 10.0 Å². The van der Waals surface area contributed by atoms with Crippen LogP contribution in [0.25, 0.3) is 10.9 Å². The molecule has 7 heteroatoms. The average molecular weight is 357 g/mol. The van der Waals surface area contributed by atoms with E-state index in [-0.39, 0.29) is 16.0 Å². The van der Waals surface area contributed by atoms with Crippen molar-refractivity contribution in [2.24, 2.45) is 0 Å². The minimum atomic E-state index is -3.53. The number of sulfonamides is 1. The predicted molar refractivity (Wildman–Crippen MR) is 80.2 cm³/mol. The van der Waals surface area contributed by atoms with Crippen molar-refractivity contribution in [2.45, 2.75) is 30.2 Å². The average Bonchev–Trinajstić information content (AvgIpc) is 3.06. The van der Waals surface area contributed by atoms with E-state index in [0.717, 1.165) is 12.8 Å². The summed E-state index contributed by atoms with van der Waals surface area (Å²) in [6.07, 6.45) is 1.72. The molecule has 0 radical (unpaired) electrons. The van der Waals surface area contributed by atoms with E-state index in [9.17, 15) is 13.2 Å². The van der Waals surface area contributed by atoms with E-state index in [2.05, 4.69) is 25.6 Å². The van der Waals surface area contributed by atoms with Crippen molar-refractivity contribution in [2.75, 3.05) is 0 Å². The third-order valence-corrected chi connectivity index (χ3v) is 5.69. The molecule has 1 aliphatic carbocycles. The van der Waals surface area contributed by atoms with Crippen molar-refractivity contribution < 1.29 is 8.42 Å². The fraction of sp³-hybridized carbons (Fsp3) is 0.308. The second-order valence-electron chi connectivity index (χ2n) is 5.36. The molecule has 2 N–H and O–H groups in total. The van der Waals surface area contributed by atoms with Crippen LogP contribution in [0.4, 0.5) is 0 Å². The SMILES string of the molecule is CC1(NS(=O)(=O)c2ccc3[nH]c(=O)c(Br)cc3c2)CC1. The van der Waals surface area contributed by atoms with Crippen LogP contribution >= 0.6 is 15.9 Å². The number of fused-ring (bicyclic) bond motifs is 1. The molecule has 0 bridgehead atoms. The molecule has 3 rings (SSSR count). The van der Waals surface area contributed by atoms with E-state index in [1.165, 1.54) is 6.07 Å². The molecule has 1 aromatic carbocycles. The van der Waals surface area contributed by atoms with Crippen molar-refractivity contribution in [1.29, 1.82) is 0 Å². The molecule has 0 unspecified atom stereocenters. The van der Waals surface area contributed by atoms with E-state index in [1.807, 2.05) is 6.92 Å². The van der Waals surface area contributed by atoms with Crippen LogP contribution in [-0.4, -0.2) is 18.9 Å². The molecule has 1 heterocycles. The number of halogens is 1. The van der Waals surface area contributed by atoms with Gasteiger partial charge in [-0.05, 0) is 60.0 Å². The van der Waals surface area contributed by atoms with Gasteiger partial charge in [-0.15, -0.1) is 0 Å². The molecule has 0 atom stereocenters. The summed E-state index contributed by atoms with van der Waals surface area (Å²) in [6.45, 7) is 1.89. The molecule has 1 aliphatic rings. The van der Waals surface area contributed by atoms with Gasteiger partial charge < -0.3 is 4.98 Å². The third-order valence-electron chi connectivity index (χ3n) is 3.46.